The SMILES string of the molecule is O=C(O)C1CSc2cc(Cc3cccc4ccccc34)cc(=O)n21. The van der Waals surface area contributed by atoms with E-state index in [4.69, 9.17) is 0 Å². The van der Waals surface area contributed by atoms with E-state index < -0.39 is 12.0 Å². The molecule has 4 nitrogen and oxygen atoms in total. The van der Waals surface area contributed by atoms with Gasteiger partial charge in [-0.05, 0) is 34.4 Å². The van der Waals surface area contributed by atoms with Gasteiger partial charge in [0.05, 0.1) is 5.03 Å². The molecule has 0 aliphatic carbocycles. The number of thioether (sulfide) groups is 1. The molecular formula is C19H15NO3S. The van der Waals surface area contributed by atoms with Crippen LogP contribution in [0.25, 0.3) is 10.8 Å². The average molecular weight is 337 g/mol. The lowest BCUT2D eigenvalue weighted by Crippen LogP contribution is -2.28. The third-order valence-corrected chi connectivity index (χ3v) is 5.45. The minimum absolute atomic E-state index is 0.236. The van der Waals surface area contributed by atoms with Gasteiger partial charge in [0.1, 0.15) is 6.04 Å². The number of aliphatic carboxylic acids is 1. The van der Waals surface area contributed by atoms with Crippen molar-refractivity contribution >= 4 is 28.5 Å². The predicted octanol–water partition coefficient (Wildman–Crippen LogP) is 3.32. The van der Waals surface area contributed by atoms with Crippen LogP contribution in [-0.4, -0.2) is 21.4 Å². The smallest absolute Gasteiger partial charge is 0.327 e. The van der Waals surface area contributed by atoms with E-state index in [0.29, 0.717) is 12.2 Å². The Morgan fingerprint density at radius 1 is 1.17 bits per heavy atom. The summed E-state index contributed by atoms with van der Waals surface area (Å²) in [4.78, 5) is 23.7. The molecule has 0 fully saturated rings. The fraction of sp³-hybridized carbons (Fsp3) is 0.158. The van der Waals surface area contributed by atoms with Crippen LogP contribution in [0.5, 0.6) is 0 Å². The van der Waals surface area contributed by atoms with Gasteiger partial charge in [0.2, 0.25) is 0 Å². The second-order valence-corrected chi connectivity index (χ2v) is 6.93. The van der Waals surface area contributed by atoms with E-state index in [1.807, 2.05) is 24.3 Å². The minimum atomic E-state index is -0.954. The van der Waals surface area contributed by atoms with Gasteiger partial charge in [0.15, 0.2) is 0 Å². The topological polar surface area (TPSA) is 59.3 Å². The first kappa shape index (κ1) is 15.0. The second kappa shape index (κ2) is 5.83. The first-order valence-corrected chi connectivity index (χ1v) is 8.70. The summed E-state index contributed by atoms with van der Waals surface area (Å²) in [7, 11) is 0. The van der Waals surface area contributed by atoms with Crippen molar-refractivity contribution in [1.29, 1.82) is 0 Å². The van der Waals surface area contributed by atoms with Gasteiger partial charge in [-0.2, -0.15) is 0 Å². The summed E-state index contributed by atoms with van der Waals surface area (Å²) in [5, 5.41) is 12.3. The van der Waals surface area contributed by atoms with Crippen molar-refractivity contribution in [2.75, 3.05) is 5.75 Å². The second-order valence-electron chi connectivity index (χ2n) is 5.89. The number of benzene rings is 2. The highest BCUT2D eigenvalue weighted by Gasteiger charge is 2.29. The maximum absolute atomic E-state index is 12.4. The molecule has 2 heterocycles. The Bertz CT molecular complexity index is 1000. The van der Waals surface area contributed by atoms with Crippen molar-refractivity contribution in [3.63, 3.8) is 0 Å². The van der Waals surface area contributed by atoms with Crippen molar-refractivity contribution in [3.8, 4) is 0 Å². The van der Waals surface area contributed by atoms with Crippen molar-refractivity contribution in [2.24, 2.45) is 0 Å². The molecule has 0 saturated heterocycles. The van der Waals surface area contributed by atoms with E-state index in [0.717, 1.165) is 16.2 Å². The maximum atomic E-state index is 12.4. The standard InChI is InChI=1S/C19H15NO3S/c21-17-9-12(10-18-20(17)16(11-24-18)19(22)23)8-14-6-3-5-13-4-1-2-7-15(13)14/h1-7,9-10,16H,8,11H2,(H,22,23). The molecule has 2 aromatic carbocycles. The molecule has 1 atom stereocenters. The van der Waals surface area contributed by atoms with Crippen molar-refractivity contribution in [3.05, 3.63) is 76.1 Å². The molecule has 1 unspecified atom stereocenters. The normalized spacial score (nSPS) is 16.2. The van der Waals surface area contributed by atoms with Crippen molar-refractivity contribution < 1.29 is 9.90 Å². The van der Waals surface area contributed by atoms with Crippen LogP contribution in [0.1, 0.15) is 17.2 Å². The molecule has 120 valence electrons. The van der Waals surface area contributed by atoms with Crippen LogP contribution in [0, 0.1) is 0 Å². The summed E-state index contributed by atoms with van der Waals surface area (Å²) in [5.74, 6) is -0.549. The van der Waals surface area contributed by atoms with Gasteiger partial charge >= 0.3 is 5.97 Å². The Labute approximate surface area is 142 Å². The van der Waals surface area contributed by atoms with Crippen LogP contribution < -0.4 is 5.56 Å². The van der Waals surface area contributed by atoms with Gasteiger partial charge in [-0.1, -0.05) is 42.5 Å². The van der Waals surface area contributed by atoms with Gasteiger partial charge in [0, 0.05) is 11.8 Å². The van der Waals surface area contributed by atoms with Gasteiger partial charge in [-0.25, -0.2) is 4.79 Å². The molecule has 4 rings (SSSR count). The van der Waals surface area contributed by atoms with Gasteiger partial charge in [-0.15, -0.1) is 11.8 Å². The molecule has 3 aromatic rings. The number of carboxylic acid groups (broad SMARTS) is 1. The maximum Gasteiger partial charge on any atom is 0.327 e. The van der Waals surface area contributed by atoms with E-state index in [9.17, 15) is 14.7 Å². The zero-order valence-corrected chi connectivity index (χ0v) is 13.6. The number of fused-ring (bicyclic) bond motifs is 2. The number of nitrogens with zero attached hydrogens (tertiary/aromatic N) is 1. The number of rotatable bonds is 3. The van der Waals surface area contributed by atoms with E-state index in [-0.39, 0.29) is 5.56 Å². The van der Waals surface area contributed by atoms with Crippen molar-refractivity contribution in [1.82, 2.24) is 4.57 Å². The number of hydrogen-bond donors (Lipinski definition) is 1. The Hall–Kier alpha value is -2.53. The fourth-order valence-electron chi connectivity index (χ4n) is 3.21. The molecule has 1 aromatic heterocycles. The lowest BCUT2D eigenvalue weighted by molar-refractivity contribution is -0.140. The van der Waals surface area contributed by atoms with Crippen LogP contribution in [0.2, 0.25) is 0 Å². The van der Waals surface area contributed by atoms with E-state index in [2.05, 4.69) is 24.3 Å². The molecular weight excluding hydrogens is 322 g/mol. The number of pyridine rings is 1. The number of hydrogen-bond acceptors (Lipinski definition) is 3. The fourth-order valence-corrected chi connectivity index (χ4v) is 4.43. The third-order valence-electron chi connectivity index (χ3n) is 4.35. The molecule has 1 N–H and O–H groups in total. The Balaban J connectivity index is 1.75. The molecule has 0 saturated carbocycles. The average Bonchev–Trinajstić information content (AvgIpc) is 3.00. The van der Waals surface area contributed by atoms with Crippen LogP contribution in [0.15, 0.2) is 64.4 Å². The molecule has 1 aliphatic heterocycles. The lowest BCUT2D eigenvalue weighted by Gasteiger charge is -2.11. The highest BCUT2D eigenvalue weighted by Crippen LogP contribution is 2.32. The number of aromatic nitrogens is 1. The highest BCUT2D eigenvalue weighted by molar-refractivity contribution is 7.99. The summed E-state index contributed by atoms with van der Waals surface area (Å²) in [6.45, 7) is 0. The zero-order valence-electron chi connectivity index (χ0n) is 12.8. The summed E-state index contributed by atoms with van der Waals surface area (Å²) < 4.78 is 1.39. The molecule has 5 heteroatoms. The zero-order chi connectivity index (χ0) is 16.7. The summed E-state index contributed by atoms with van der Waals surface area (Å²) in [6, 6.07) is 17.1. The molecule has 0 amide bonds. The van der Waals surface area contributed by atoms with Crippen LogP contribution >= 0.6 is 11.8 Å². The molecule has 0 spiro atoms. The molecule has 0 radical (unpaired) electrons. The van der Waals surface area contributed by atoms with Crippen LogP contribution in [0.3, 0.4) is 0 Å². The van der Waals surface area contributed by atoms with Gasteiger partial charge in [-0.3, -0.25) is 9.36 Å². The van der Waals surface area contributed by atoms with E-state index in [1.54, 1.807) is 6.07 Å². The van der Waals surface area contributed by atoms with E-state index in [1.165, 1.54) is 27.1 Å². The van der Waals surface area contributed by atoms with Gasteiger partial charge < -0.3 is 5.11 Å². The van der Waals surface area contributed by atoms with Gasteiger partial charge in [0.25, 0.3) is 5.56 Å². The van der Waals surface area contributed by atoms with Crippen LogP contribution in [0.4, 0.5) is 0 Å². The van der Waals surface area contributed by atoms with Crippen molar-refractivity contribution in [2.45, 2.75) is 17.5 Å². The summed E-state index contributed by atoms with van der Waals surface area (Å²) >= 11 is 1.43. The quantitative estimate of drug-likeness (QED) is 0.796. The lowest BCUT2D eigenvalue weighted by atomic mass is 9.99. The van der Waals surface area contributed by atoms with Crippen LogP contribution in [-0.2, 0) is 11.2 Å². The number of carbonyl (C=O) groups is 1. The summed E-state index contributed by atoms with van der Waals surface area (Å²) in [5.41, 5.74) is 1.84. The predicted molar refractivity (Wildman–Crippen MR) is 94.9 cm³/mol. The third kappa shape index (κ3) is 2.51. The Morgan fingerprint density at radius 2 is 1.96 bits per heavy atom. The first-order valence-electron chi connectivity index (χ1n) is 7.71. The molecule has 0 bridgehead atoms. The Morgan fingerprint density at radius 3 is 2.79 bits per heavy atom. The Kier molecular flexibility index (Phi) is 3.65. The molecule has 1 aliphatic rings. The molecule has 24 heavy (non-hydrogen) atoms. The summed E-state index contributed by atoms with van der Waals surface area (Å²) in [6.07, 6.45) is 0.655. The largest absolute Gasteiger partial charge is 0.480 e. The first-order chi connectivity index (χ1) is 11.6. The van der Waals surface area contributed by atoms with E-state index >= 15 is 0 Å². The highest BCUT2D eigenvalue weighted by atomic mass is 32.2. The minimum Gasteiger partial charge on any atom is -0.480 e. The number of carboxylic acids is 1. The monoisotopic (exact) mass is 337 g/mol.